The summed E-state index contributed by atoms with van der Waals surface area (Å²) < 4.78 is 6.02. The molecule has 0 saturated carbocycles. The van der Waals surface area contributed by atoms with E-state index in [2.05, 4.69) is 26.7 Å². The van der Waals surface area contributed by atoms with Crippen molar-refractivity contribution in [3.05, 3.63) is 35.4 Å². The maximum absolute atomic E-state index is 6.02. The second-order valence-electron chi connectivity index (χ2n) is 7.83. The Kier molecular flexibility index (Phi) is 3.73. The maximum atomic E-state index is 6.02. The van der Waals surface area contributed by atoms with Crippen LogP contribution in [0, 0.1) is 18.8 Å². The van der Waals surface area contributed by atoms with Gasteiger partial charge in [-0.15, -0.1) is 0 Å². The molecule has 2 aliphatic heterocycles. The molecule has 2 saturated heterocycles. The van der Waals surface area contributed by atoms with E-state index in [9.17, 15) is 0 Å². The standard InChI is InChI=1S/C19H25N5O/c1-13-6-20-12-21-19(13)24-9-14-7-23(8-15(14)10-24)11-18-22-16-4-2-3-5-17(16)25-18/h6,12,14-15H,2-5,7-11H2,1H3. The third-order valence-electron chi connectivity index (χ3n) is 5.98. The fourth-order valence-corrected chi connectivity index (χ4v) is 4.78. The van der Waals surface area contributed by atoms with Crippen LogP contribution in [-0.4, -0.2) is 46.0 Å². The molecule has 0 spiro atoms. The van der Waals surface area contributed by atoms with Crippen LogP contribution in [0.1, 0.15) is 35.7 Å². The zero-order chi connectivity index (χ0) is 16.8. The lowest BCUT2D eigenvalue weighted by Crippen LogP contribution is -2.29. The Labute approximate surface area is 148 Å². The highest BCUT2D eigenvalue weighted by atomic mass is 16.4. The predicted octanol–water partition coefficient (Wildman–Crippen LogP) is 2.22. The first-order valence-electron chi connectivity index (χ1n) is 9.47. The highest BCUT2D eigenvalue weighted by Gasteiger charge is 2.41. The van der Waals surface area contributed by atoms with Gasteiger partial charge in [-0.3, -0.25) is 4.90 Å². The molecule has 0 aromatic carbocycles. The molecular formula is C19H25N5O. The smallest absolute Gasteiger partial charge is 0.208 e. The van der Waals surface area contributed by atoms with Gasteiger partial charge in [-0.2, -0.15) is 0 Å². The van der Waals surface area contributed by atoms with Crippen LogP contribution in [0.15, 0.2) is 16.9 Å². The number of hydrogen-bond acceptors (Lipinski definition) is 6. The van der Waals surface area contributed by atoms with Crippen LogP contribution in [0.25, 0.3) is 0 Å². The lowest BCUT2D eigenvalue weighted by molar-refractivity contribution is 0.270. The average Bonchev–Trinajstić information content (AvgIpc) is 3.27. The van der Waals surface area contributed by atoms with Crippen molar-refractivity contribution in [1.29, 1.82) is 0 Å². The number of aryl methyl sites for hydroxylation is 3. The SMILES string of the molecule is Cc1cncnc1N1CC2CN(Cc3nc4c(o3)CCCC4)CC2C1. The van der Waals surface area contributed by atoms with Crippen molar-refractivity contribution >= 4 is 5.82 Å². The number of rotatable bonds is 3. The zero-order valence-electron chi connectivity index (χ0n) is 14.8. The average molecular weight is 339 g/mol. The Balaban J connectivity index is 1.22. The van der Waals surface area contributed by atoms with Gasteiger partial charge in [0.15, 0.2) is 0 Å². The molecule has 3 aliphatic rings. The minimum atomic E-state index is 0.721. The van der Waals surface area contributed by atoms with E-state index in [0.717, 1.165) is 74.9 Å². The summed E-state index contributed by atoms with van der Waals surface area (Å²) in [5.74, 6) is 4.62. The molecule has 0 N–H and O–H groups in total. The van der Waals surface area contributed by atoms with Gasteiger partial charge in [-0.25, -0.2) is 15.0 Å². The second kappa shape index (κ2) is 6.09. The Morgan fingerprint density at radius 2 is 1.92 bits per heavy atom. The Morgan fingerprint density at radius 1 is 1.12 bits per heavy atom. The molecule has 6 nitrogen and oxygen atoms in total. The molecule has 132 valence electrons. The molecule has 4 heterocycles. The van der Waals surface area contributed by atoms with Gasteiger partial charge in [0, 0.05) is 44.4 Å². The van der Waals surface area contributed by atoms with Gasteiger partial charge in [0.25, 0.3) is 0 Å². The van der Waals surface area contributed by atoms with Crippen molar-refractivity contribution in [2.24, 2.45) is 11.8 Å². The van der Waals surface area contributed by atoms with Gasteiger partial charge in [-0.05, 0) is 38.0 Å². The molecule has 1 aliphatic carbocycles. The van der Waals surface area contributed by atoms with E-state index in [1.807, 2.05) is 6.20 Å². The van der Waals surface area contributed by atoms with Gasteiger partial charge in [0.2, 0.25) is 5.89 Å². The van der Waals surface area contributed by atoms with E-state index in [0.29, 0.717) is 0 Å². The third-order valence-corrected chi connectivity index (χ3v) is 5.98. The largest absolute Gasteiger partial charge is 0.444 e. The molecule has 25 heavy (non-hydrogen) atoms. The first kappa shape index (κ1) is 15.3. The first-order chi connectivity index (χ1) is 12.3. The normalized spacial score (nSPS) is 26.0. The lowest BCUT2D eigenvalue weighted by Gasteiger charge is -2.22. The third kappa shape index (κ3) is 2.82. The number of nitrogens with zero attached hydrogens (tertiary/aromatic N) is 5. The highest BCUT2D eigenvalue weighted by Crippen LogP contribution is 2.35. The van der Waals surface area contributed by atoms with Crippen LogP contribution in [0.2, 0.25) is 0 Å². The highest BCUT2D eigenvalue weighted by molar-refractivity contribution is 5.46. The van der Waals surface area contributed by atoms with E-state index in [1.165, 1.54) is 24.1 Å². The summed E-state index contributed by atoms with van der Waals surface area (Å²) in [5.41, 5.74) is 2.38. The summed E-state index contributed by atoms with van der Waals surface area (Å²) in [7, 11) is 0. The minimum Gasteiger partial charge on any atom is -0.444 e. The molecule has 2 atom stereocenters. The number of anilines is 1. The van der Waals surface area contributed by atoms with Crippen molar-refractivity contribution in [3.63, 3.8) is 0 Å². The van der Waals surface area contributed by atoms with Gasteiger partial charge in [-0.1, -0.05) is 0 Å². The van der Waals surface area contributed by atoms with Crippen molar-refractivity contribution in [1.82, 2.24) is 19.9 Å². The number of oxazole rings is 1. The fraction of sp³-hybridized carbons (Fsp3) is 0.632. The number of hydrogen-bond donors (Lipinski definition) is 0. The first-order valence-corrected chi connectivity index (χ1v) is 9.47. The monoisotopic (exact) mass is 339 g/mol. The maximum Gasteiger partial charge on any atom is 0.208 e. The van der Waals surface area contributed by atoms with Crippen LogP contribution in [0.3, 0.4) is 0 Å². The Morgan fingerprint density at radius 3 is 2.68 bits per heavy atom. The van der Waals surface area contributed by atoms with Crippen LogP contribution < -0.4 is 4.90 Å². The quantitative estimate of drug-likeness (QED) is 0.855. The Bertz CT molecular complexity index is 735. The van der Waals surface area contributed by atoms with Gasteiger partial charge in [0.05, 0.1) is 12.2 Å². The summed E-state index contributed by atoms with van der Waals surface area (Å²) >= 11 is 0. The molecule has 0 radical (unpaired) electrons. The lowest BCUT2D eigenvalue weighted by atomic mass is 10.0. The molecular weight excluding hydrogens is 314 g/mol. The minimum absolute atomic E-state index is 0.721. The van der Waals surface area contributed by atoms with Crippen molar-refractivity contribution < 1.29 is 4.42 Å². The summed E-state index contributed by atoms with van der Waals surface area (Å²) in [6.45, 7) is 7.44. The summed E-state index contributed by atoms with van der Waals surface area (Å²) in [4.78, 5) is 18.3. The van der Waals surface area contributed by atoms with Gasteiger partial charge >= 0.3 is 0 Å². The van der Waals surface area contributed by atoms with Crippen LogP contribution >= 0.6 is 0 Å². The molecule has 2 fully saturated rings. The van der Waals surface area contributed by atoms with E-state index >= 15 is 0 Å². The Hall–Kier alpha value is -1.95. The molecule has 6 heteroatoms. The fourth-order valence-electron chi connectivity index (χ4n) is 4.78. The van der Waals surface area contributed by atoms with Crippen molar-refractivity contribution in [2.75, 3.05) is 31.1 Å². The van der Waals surface area contributed by atoms with Crippen molar-refractivity contribution in [2.45, 2.75) is 39.2 Å². The molecule has 0 amide bonds. The number of fused-ring (bicyclic) bond motifs is 2. The molecule has 0 bridgehead atoms. The number of likely N-dealkylation sites (tertiary alicyclic amines) is 1. The van der Waals surface area contributed by atoms with E-state index in [1.54, 1.807) is 6.33 Å². The van der Waals surface area contributed by atoms with Crippen molar-refractivity contribution in [3.8, 4) is 0 Å². The topological polar surface area (TPSA) is 58.3 Å². The zero-order valence-corrected chi connectivity index (χ0v) is 14.8. The molecule has 5 rings (SSSR count). The second-order valence-corrected chi connectivity index (χ2v) is 7.83. The van der Waals surface area contributed by atoms with E-state index in [4.69, 9.17) is 9.40 Å². The predicted molar refractivity (Wildman–Crippen MR) is 94.4 cm³/mol. The molecule has 2 unspecified atom stereocenters. The molecule has 2 aromatic rings. The van der Waals surface area contributed by atoms with Gasteiger partial charge in [0.1, 0.15) is 17.9 Å². The molecule has 2 aromatic heterocycles. The van der Waals surface area contributed by atoms with E-state index in [-0.39, 0.29) is 0 Å². The summed E-state index contributed by atoms with van der Waals surface area (Å²) in [6, 6.07) is 0. The van der Waals surface area contributed by atoms with Gasteiger partial charge < -0.3 is 9.32 Å². The van der Waals surface area contributed by atoms with Crippen LogP contribution in [0.4, 0.5) is 5.82 Å². The van der Waals surface area contributed by atoms with Crippen LogP contribution in [0.5, 0.6) is 0 Å². The van der Waals surface area contributed by atoms with E-state index < -0.39 is 0 Å². The number of aromatic nitrogens is 3. The summed E-state index contributed by atoms with van der Waals surface area (Å²) in [6.07, 6.45) is 8.23. The van der Waals surface area contributed by atoms with Crippen LogP contribution in [-0.2, 0) is 19.4 Å². The summed E-state index contributed by atoms with van der Waals surface area (Å²) in [5, 5.41) is 0.